The molecule has 0 amide bonds. The van der Waals surface area contributed by atoms with Crippen LogP contribution >= 0.6 is 0 Å². The first-order valence-electron chi connectivity index (χ1n) is 16.8. The summed E-state index contributed by atoms with van der Waals surface area (Å²) in [4.78, 5) is 0. The van der Waals surface area contributed by atoms with Crippen molar-refractivity contribution < 1.29 is 4.42 Å². The number of fused-ring (bicyclic) bond motifs is 8. The van der Waals surface area contributed by atoms with Gasteiger partial charge in [-0.2, -0.15) is 0 Å². The lowest BCUT2D eigenvalue weighted by Gasteiger charge is -2.22. The van der Waals surface area contributed by atoms with E-state index in [-0.39, 0.29) is 5.41 Å². The lowest BCUT2D eigenvalue weighted by Crippen LogP contribution is -2.14. The third kappa shape index (κ3) is 3.40. The first-order valence-corrected chi connectivity index (χ1v) is 16.8. The lowest BCUT2D eigenvalue weighted by atomic mass is 9.81. The molecule has 1 aliphatic carbocycles. The van der Waals surface area contributed by atoms with Crippen LogP contribution < -0.4 is 0 Å². The second-order valence-electron chi connectivity index (χ2n) is 14.1. The fourth-order valence-corrected chi connectivity index (χ4v) is 8.86. The number of hydrogen-bond donors (Lipinski definition) is 0. The Labute approximate surface area is 278 Å². The summed E-state index contributed by atoms with van der Waals surface area (Å²) in [5.74, 6) is 0. The maximum absolute atomic E-state index is 6.29. The van der Waals surface area contributed by atoms with Crippen LogP contribution in [0.15, 0.2) is 150 Å². The Bertz CT molecular complexity index is 2910. The number of para-hydroxylation sites is 1. The van der Waals surface area contributed by atoms with Crippen molar-refractivity contribution in [1.29, 1.82) is 0 Å². The highest BCUT2D eigenvalue weighted by atomic mass is 16.3. The Balaban J connectivity index is 1.10. The highest BCUT2D eigenvalue weighted by molar-refractivity contribution is 6.23. The fraction of sp³-hybridized carbons (Fsp3) is 0.0638. The minimum Gasteiger partial charge on any atom is -0.456 e. The summed E-state index contributed by atoms with van der Waals surface area (Å²) in [6, 6.07) is 54.1. The Morgan fingerprint density at radius 1 is 0.396 bits per heavy atom. The monoisotopic (exact) mass is 610 g/mol. The summed E-state index contributed by atoms with van der Waals surface area (Å²) >= 11 is 0. The molecule has 0 bridgehead atoms. The molecule has 0 saturated heterocycles. The fourth-order valence-electron chi connectivity index (χ4n) is 8.86. The van der Waals surface area contributed by atoms with Crippen molar-refractivity contribution in [2.75, 3.05) is 0 Å². The van der Waals surface area contributed by atoms with E-state index in [2.05, 4.69) is 147 Å². The quantitative estimate of drug-likeness (QED) is 0.178. The summed E-state index contributed by atoms with van der Waals surface area (Å²) in [5.41, 5.74) is 12.2. The molecule has 1 heteroatoms. The molecule has 10 aromatic rings. The van der Waals surface area contributed by atoms with Crippen LogP contribution in [0.2, 0.25) is 0 Å². The molecule has 11 rings (SSSR count). The van der Waals surface area contributed by atoms with Gasteiger partial charge in [-0.15, -0.1) is 0 Å². The van der Waals surface area contributed by atoms with Crippen LogP contribution in [-0.2, 0) is 5.41 Å². The minimum absolute atomic E-state index is 0.0893. The molecule has 48 heavy (non-hydrogen) atoms. The number of furan rings is 1. The van der Waals surface area contributed by atoms with Crippen LogP contribution in [0.1, 0.15) is 25.0 Å². The number of rotatable bonds is 2. The number of hydrogen-bond acceptors (Lipinski definition) is 1. The highest BCUT2D eigenvalue weighted by Gasteiger charge is 2.36. The van der Waals surface area contributed by atoms with Gasteiger partial charge in [-0.05, 0) is 124 Å². The molecule has 0 fully saturated rings. The van der Waals surface area contributed by atoms with Crippen LogP contribution in [0.5, 0.6) is 0 Å². The average molecular weight is 611 g/mol. The third-order valence-corrected chi connectivity index (χ3v) is 11.2. The Morgan fingerprint density at radius 3 is 1.88 bits per heavy atom. The molecule has 1 nitrogen and oxygen atoms in total. The second kappa shape index (κ2) is 9.12. The van der Waals surface area contributed by atoms with Gasteiger partial charge in [-0.25, -0.2) is 0 Å². The molecular formula is C47H30O. The van der Waals surface area contributed by atoms with Gasteiger partial charge in [0, 0.05) is 16.2 Å². The van der Waals surface area contributed by atoms with Crippen LogP contribution in [0, 0.1) is 0 Å². The van der Waals surface area contributed by atoms with E-state index in [0.717, 1.165) is 21.9 Å². The van der Waals surface area contributed by atoms with Crippen molar-refractivity contribution >= 4 is 65.0 Å². The van der Waals surface area contributed by atoms with Crippen LogP contribution in [-0.4, -0.2) is 0 Å². The summed E-state index contributed by atoms with van der Waals surface area (Å²) in [6.45, 7) is 4.74. The molecule has 1 aromatic heterocycles. The Kier molecular flexibility index (Phi) is 4.97. The van der Waals surface area contributed by atoms with Crippen molar-refractivity contribution in [3.05, 3.63) is 157 Å². The van der Waals surface area contributed by atoms with Crippen molar-refractivity contribution in [2.24, 2.45) is 0 Å². The van der Waals surface area contributed by atoms with E-state index in [4.69, 9.17) is 4.42 Å². The van der Waals surface area contributed by atoms with Gasteiger partial charge in [-0.1, -0.05) is 123 Å². The van der Waals surface area contributed by atoms with Gasteiger partial charge in [0.2, 0.25) is 0 Å². The SMILES string of the molecule is CC1(C)c2ccc(-c3cc4ccc5cccc6ccc(c3)c4c56)cc2-c2c1ccc1c(-c3ccc4c(c3)oc3ccccc34)cccc21. The van der Waals surface area contributed by atoms with Gasteiger partial charge in [-0.3, -0.25) is 0 Å². The van der Waals surface area contributed by atoms with Gasteiger partial charge in [0.1, 0.15) is 11.2 Å². The normalized spacial score (nSPS) is 13.8. The zero-order chi connectivity index (χ0) is 31.7. The van der Waals surface area contributed by atoms with Crippen LogP contribution in [0.4, 0.5) is 0 Å². The van der Waals surface area contributed by atoms with Crippen LogP contribution in [0.3, 0.4) is 0 Å². The van der Waals surface area contributed by atoms with Gasteiger partial charge >= 0.3 is 0 Å². The van der Waals surface area contributed by atoms with Crippen molar-refractivity contribution in [3.63, 3.8) is 0 Å². The van der Waals surface area contributed by atoms with E-state index in [1.807, 2.05) is 12.1 Å². The molecular weight excluding hydrogens is 581 g/mol. The topological polar surface area (TPSA) is 13.1 Å². The molecule has 1 heterocycles. The molecule has 1 aliphatic rings. The zero-order valence-corrected chi connectivity index (χ0v) is 26.8. The summed E-state index contributed by atoms with van der Waals surface area (Å²) in [6.07, 6.45) is 0. The standard InChI is InChI=1S/C47H30O/c1-47(2)40-21-18-29(33-23-31-15-13-27-7-5-8-28-14-16-32(24-33)45(31)44(27)28)25-39(40)46-38-11-6-10-34(35(38)20-22-41(46)47)30-17-19-37-36-9-3-4-12-42(36)48-43(37)26-30/h3-26H,1-2H3. The zero-order valence-electron chi connectivity index (χ0n) is 26.8. The smallest absolute Gasteiger partial charge is 0.136 e. The predicted molar refractivity (Wildman–Crippen MR) is 203 cm³/mol. The molecule has 0 N–H and O–H groups in total. The largest absolute Gasteiger partial charge is 0.456 e. The third-order valence-electron chi connectivity index (χ3n) is 11.2. The summed E-state index contributed by atoms with van der Waals surface area (Å²) in [7, 11) is 0. The lowest BCUT2D eigenvalue weighted by molar-refractivity contribution is 0.661. The Hall–Kier alpha value is -5.92. The van der Waals surface area contributed by atoms with Crippen molar-refractivity contribution in [2.45, 2.75) is 19.3 Å². The molecule has 224 valence electrons. The van der Waals surface area contributed by atoms with E-state index < -0.39 is 0 Å². The number of benzene rings is 9. The van der Waals surface area contributed by atoms with Gasteiger partial charge in [0.15, 0.2) is 0 Å². The van der Waals surface area contributed by atoms with Crippen molar-refractivity contribution in [3.8, 4) is 33.4 Å². The van der Waals surface area contributed by atoms with Gasteiger partial charge in [0.05, 0.1) is 0 Å². The predicted octanol–water partition coefficient (Wildman–Crippen LogP) is 13.3. The Morgan fingerprint density at radius 2 is 1.04 bits per heavy atom. The maximum atomic E-state index is 6.29. The van der Waals surface area contributed by atoms with Gasteiger partial charge in [0.25, 0.3) is 0 Å². The van der Waals surface area contributed by atoms with Crippen LogP contribution in [0.25, 0.3) is 98.4 Å². The first kappa shape index (κ1) is 26.2. The molecule has 0 unspecified atom stereocenters. The molecule has 0 radical (unpaired) electrons. The molecule has 0 atom stereocenters. The summed E-state index contributed by atoms with van der Waals surface area (Å²) < 4.78 is 6.29. The second-order valence-corrected chi connectivity index (χ2v) is 14.1. The first-order chi connectivity index (χ1) is 23.5. The molecule has 0 spiro atoms. The van der Waals surface area contributed by atoms with E-state index in [0.29, 0.717) is 0 Å². The molecule has 0 saturated carbocycles. The van der Waals surface area contributed by atoms with E-state index in [1.165, 1.54) is 87.6 Å². The molecule has 9 aromatic carbocycles. The maximum Gasteiger partial charge on any atom is 0.136 e. The summed E-state index contributed by atoms with van der Waals surface area (Å²) in [5, 5.41) is 12.8. The van der Waals surface area contributed by atoms with Crippen molar-refractivity contribution in [1.82, 2.24) is 0 Å². The van der Waals surface area contributed by atoms with E-state index in [9.17, 15) is 0 Å². The van der Waals surface area contributed by atoms with E-state index >= 15 is 0 Å². The van der Waals surface area contributed by atoms with E-state index in [1.54, 1.807) is 0 Å². The van der Waals surface area contributed by atoms with Gasteiger partial charge < -0.3 is 4.42 Å². The highest BCUT2D eigenvalue weighted by Crippen LogP contribution is 2.53. The minimum atomic E-state index is -0.0893. The average Bonchev–Trinajstić information content (AvgIpc) is 3.61. The molecule has 0 aliphatic heterocycles.